The Labute approximate surface area is 362 Å². The number of allylic oxidation sites excluding steroid dienone is 1. The molecule has 60 heavy (non-hydrogen) atoms. The maximum atomic E-state index is 12.0. The summed E-state index contributed by atoms with van der Waals surface area (Å²) >= 11 is 0. The van der Waals surface area contributed by atoms with Gasteiger partial charge in [-0.2, -0.15) is 0 Å². The summed E-state index contributed by atoms with van der Waals surface area (Å²) in [7, 11) is 0.687. The Bertz CT molecular complexity index is 1670. The van der Waals surface area contributed by atoms with Crippen LogP contribution in [0.5, 0.6) is 5.75 Å². The van der Waals surface area contributed by atoms with Crippen LogP contribution in [0.1, 0.15) is 112 Å². The molecule has 8 nitrogen and oxygen atoms in total. The van der Waals surface area contributed by atoms with Crippen molar-refractivity contribution in [2.45, 2.75) is 161 Å². The second-order valence-corrected chi connectivity index (χ2v) is 22.8. The molecule has 9 heteroatoms. The smallest absolute Gasteiger partial charge is 0.303 e. The number of carbonyl (C=O) groups excluding carboxylic acids is 1. The maximum Gasteiger partial charge on any atom is 0.303 e. The molecule has 0 N–H and O–H groups in total. The van der Waals surface area contributed by atoms with Crippen molar-refractivity contribution in [1.29, 1.82) is 0 Å². The quantitative estimate of drug-likeness (QED) is 0.0454. The molecule has 0 saturated carbocycles. The van der Waals surface area contributed by atoms with Crippen LogP contribution in [0, 0.1) is 11.8 Å². The molecule has 0 unspecified atom stereocenters. The first-order valence-corrected chi connectivity index (χ1v) is 24.4. The number of carbonyl (C=O) groups is 1. The van der Waals surface area contributed by atoms with Gasteiger partial charge < -0.3 is 32.8 Å². The Morgan fingerprint density at radius 1 is 0.833 bits per heavy atom. The third kappa shape index (κ3) is 13.8. The number of hydrogen-bond acceptors (Lipinski definition) is 8. The zero-order chi connectivity index (χ0) is 43.1. The summed E-state index contributed by atoms with van der Waals surface area (Å²) in [5.74, 6) is 1.50. The number of esters is 1. The molecule has 0 aliphatic carbocycles. The lowest BCUT2D eigenvalue weighted by Gasteiger charge is -2.47. The van der Waals surface area contributed by atoms with Gasteiger partial charge in [0.1, 0.15) is 11.9 Å². The van der Waals surface area contributed by atoms with E-state index in [0.29, 0.717) is 31.5 Å². The minimum atomic E-state index is -2.81. The van der Waals surface area contributed by atoms with Gasteiger partial charge in [0, 0.05) is 33.5 Å². The lowest BCUT2D eigenvalue weighted by atomic mass is 9.87. The number of methoxy groups -OCH3 is 2. The van der Waals surface area contributed by atoms with Crippen molar-refractivity contribution in [3.63, 3.8) is 0 Å². The van der Waals surface area contributed by atoms with Gasteiger partial charge in [0.15, 0.2) is 0 Å². The standard InChI is InChI=1S/C51H74O8Si/c1-37(2)17-16-18-42(56-39(4)52)31-43-26-23-38(3)50(58-43)35-45(54-9)33-46-34-47(32-44(57-46)29-30-55-36-40-24-27-41(53-8)28-25-40)59-60(51(5,6)7,48-19-12-10-13-20-48)49-21-14-11-15-22-49/h10-16,18-22,24-25,27-28,37-38,42-47,50H,17,23,26,29-36H2,1-9H3/b18-16+/t38-,42-,43-,44-,45-,46+,47-,50+/m0/s1. The summed E-state index contributed by atoms with van der Waals surface area (Å²) in [4.78, 5) is 12.0. The molecule has 3 aromatic carbocycles. The van der Waals surface area contributed by atoms with E-state index in [1.54, 1.807) is 7.11 Å². The predicted octanol–water partition coefficient (Wildman–Crippen LogP) is 10.00. The van der Waals surface area contributed by atoms with E-state index in [9.17, 15) is 4.79 Å². The summed E-state index contributed by atoms with van der Waals surface area (Å²) in [5, 5.41) is 2.43. The van der Waals surface area contributed by atoms with Crippen LogP contribution in [0.3, 0.4) is 0 Å². The summed E-state index contributed by atoms with van der Waals surface area (Å²) in [6.45, 7) is 16.3. The van der Waals surface area contributed by atoms with E-state index in [-0.39, 0.29) is 53.7 Å². The van der Waals surface area contributed by atoms with Gasteiger partial charge in [-0.25, -0.2) is 0 Å². The van der Waals surface area contributed by atoms with E-state index in [4.69, 9.17) is 32.8 Å². The van der Waals surface area contributed by atoms with Crippen LogP contribution < -0.4 is 15.1 Å². The van der Waals surface area contributed by atoms with Crippen LogP contribution in [0.15, 0.2) is 97.1 Å². The van der Waals surface area contributed by atoms with E-state index >= 15 is 0 Å². The van der Waals surface area contributed by atoms with Gasteiger partial charge in [0.05, 0.1) is 50.3 Å². The summed E-state index contributed by atoms with van der Waals surface area (Å²) in [6, 6.07) is 29.9. The van der Waals surface area contributed by atoms with Crippen LogP contribution in [0.2, 0.25) is 5.04 Å². The van der Waals surface area contributed by atoms with Crippen molar-refractivity contribution in [3.05, 3.63) is 103 Å². The van der Waals surface area contributed by atoms with Crippen LogP contribution in [-0.2, 0) is 39.5 Å². The summed E-state index contributed by atoms with van der Waals surface area (Å²) in [6.07, 6.45) is 11.2. The summed E-state index contributed by atoms with van der Waals surface area (Å²) in [5.41, 5.74) is 1.11. The first-order chi connectivity index (χ1) is 28.8. The second-order valence-electron chi connectivity index (χ2n) is 18.6. The molecule has 5 rings (SSSR count). The van der Waals surface area contributed by atoms with Crippen molar-refractivity contribution < 1.29 is 37.6 Å². The van der Waals surface area contributed by atoms with Crippen molar-refractivity contribution in [3.8, 4) is 5.75 Å². The number of rotatable bonds is 21. The van der Waals surface area contributed by atoms with Crippen LogP contribution in [0.25, 0.3) is 0 Å². The van der Waals surface area contributed by atoms with Gasteiger partial charge in [-0.3, -0.25) is 4.79 Å². The molecule has 0 radical (unpaired) electrons. The first-order valence-electron chi connectivity index (χ1n) is 22.5. The van der Waals surface area contributed by atoms with Crippen molar-refractivity contribution in [2.75, 3.05) is 20.8 Å². The Morgan fingerprint density at radius 3 is 2.07 bits per heavy atom. The molecule has 0 spiro atoms. The Hall–Kier alpha value is -3.31. The number of hydrogen-bond donors (Lipinski definition) is 0. The van der Waals surface area contributed by atoms with E-state index in [1.165, 1.54) is 17.3 Å². The molecule has 2 fully saturated rings. The van der Waals surface area contributed by atoms with Crippen molar-refractivity contribution >= 4 is 24.7 Å². The third-order valence-corrected chi connectivity index (χ3v) is 17.4. The van der Waals surface area contributed by atoms with E-state index in [2.05, 4.69) is 108 Å². The van der Waals surface area contributed by atoms with Gasteiger partial charge >= 0.3 is 5.97 Å². The minimum absolute atomic E-state index is 0.00853. The van der Waals surface area contributed by atoms with Gasteiger partial charge in [0.25, 0.3) is 8.32 Å². The molecular weight excluding hydrogens is 769 g/mol. The lowest BCUT2D eigenvalue weighted by molar-refractivity contribution is -0.149. The molecule has 0 amide bonds. The fourth-order valence-electron chi connectivity index (χ4n) is 9.09. The van der Waals surface area contributed by atoms with Gasteiger partial charge in [-0.1, -0.05) is 120 Å². The van der Waals surface area contributed by atoms with Crippen LogP contribution in [0.4, 0.5) is 0 Å². The highest BCUT2D eigenvalue weighted by molar-refractivity contribution is 6.99. The van der Waals surface area contributed by atoms with Crippen molar-refractivity contribution in [1.82, 2.24) is 0 Å². The minimum Gasteiger partial charge on any atom is -0.497 e. The molecule has 8 atom stereocenters. The lowest BCUT2D eigenvalue weighted by Crippen LogP contribution is -2.68. The molecule has 2 saturated heterocycles. The average Bonchev–Trinajstić information content (AvgIpc) is 3.22. The largest absolute Gasteiger partial charge is 0.497 e. The summed E-state index contributed by atoms with van der Waals surface area (Å²) < 4.78 is 45.2. The normalized spacial score (nSPS) is 23.7. The third-order valence-electron chi connectivity index (χ3n) is 12.3. The maximum absolute atomic E-state index is 12.0. The molecule has 3 aromatic rings. The highest BCUT2D eigenvalue weighted by Crippen LogP contribution is 2.40. The molecular formula is C51H74O8Si. The molecule has 0 bridgehead atoms. The zero-order valence-corrected chi connectivity index (χ0v) is 39.0. The molecule has 0 aromatic heterocycles. The Kier molecular flexibility index (Phi) is 18.5. The topological polar surface area (TPSA) is 81.7 Å². The van der Waals surface area contributed by atoms with E-state index < -0.39 is 8.32 Å². The zero-order valence-electron chi connectivity index (χ0n) is 38.0. The molecule has 2 aliphatic rings. The number of ether oxygens (including phenoxy) is 6. The SMILES string of the molecule is COc1ccc(COCC[C@H]2C[C@H](O[Si](c3ccccc3)(c3ccccc3)C(C)(C)C)C[C@@H](C[C@@H](C[C@H]3O[C@H](C[C@H](/C=C/CC(C)C)OC(C)=O)CC[C@@H]3C)OC)O2)cc1. The predicted molar refractivity (Wildman–Crippen MR) is 244 cm³/mol. The fourth-order valence-corrected chi connectivity index (χ4v) is 13.8. The van der Waals surface area contributed by atoms with Crippen LogP contribution >= 0.6 is 0 Å². The fraction of sp³-hybridized carbons (Fsp3) is 0.588. The van der Waals surface area contributed by atoms with Crippen molar-refractivity contribution in [2.24, 2.45) is 11.8 Å². The highest BCUT2D eigenvalue weighted by Gasteiger charge is 2.52. The Morgan fingerprint density at radius 2 is 1.48 bits per heavy atom. The Balaban J connectivity index is 1.33. The molecule has 2 aliphatic heterocycles. The average molecular weight is 843 g/mol. The van der Waals surface area contributed by atoms with E-state index in [0.717, 1.165) is 62.7 Å². The highest BCUT2D eigenvalue weighted by atomic mass is 28.4. The van der Waals surface area contributed by atoms with E-state index in [1.807, 2.05) is 37.5 Å². The van der Waals surface area contributed by atoms with Crippen LogP contribution in [-0.4, -0.2) is 77.8 Å². The molecule has 2 heterocycles. The van der Waals surface area contributed by atoms with Gasteiger partial charge in [-0.15, -0.1) is 0 Å². The monoisotopic (exact) mass is 843 g/mol. The first kappa shape index (κ1) is 47.7. The molecule has 330 valence electrons. The van der Waals surface area contributed by atoms with Gasteiger partial charge in [0.2, 0.25) is 0 Å². The number of benzene rings is 3. The van der Waals surface area contributed by atoms with Gasteiger partial charge in [-0.05, 0) is 96.0 Å². The second kappa shape index (κ2) is 23.2.